The van der Waals surface area contributed by atoms with Gasteiger partial charge in [0.2, 0.25) is 5.91 Å². The third kappa shape index (κ3) is 2.66. The fourth-order valence-electron chi connectivity index (χ4n) is 1.39. The molecule has 1 aromatic heterocycles. The lowest BCUT2D eigenvalue weighted by atomic mass is 10.0. The van der Waals surface area contributed by atoms with E-state index in [9.17, 15) is 9.90 Å². The molecule has 0 spiro atoms. The second-order valence-corrected chi connectivity index (χ2v) is 3.37. The molecule has 5 heteroatoms. The van der Waals surface area contributed by atoms with Crippen LogP contribution < -0.4 is 11.5 Å². The number of pyridine rings is 1. The van der Waals surface area contributed by atoms with Crippen molar-refractivity contribution >= 4 is 5.91 Å². The van der Waals surface area contributed by atoms with Crippen molar-refractivity contribution in [2.45, 2.75) is 26.3 Å². The second-order valence-electron chi connectivity index (χ2n) is 3.37. The number of carbonyl (C=O) groups excluding carboxylic acids is 1. The van der Waals surface area contributed by atoms with Crippen LogP contribution in [0, 0.1) is 6.92 Å². The molecular weight excluding hydrogens is 194 g/mol. The molecule has 1 rings (SSSR count). The maximum Gasteiger partial charge on any atom is 0.217 e. The molecule has 0 aliphatic rings. The SMILES string of the molecule is Cc1ncc(CCC(N)=O)c(CN)c1O. The second kappa shape index (κ2) is 4.75. The molecular formula is C10H15N3O2. The number of aryl methyl sites for hydroxylation is 2. The van der Waals surface area contributed by atoms with Gasteiger partial charge in [-0.25, -0.2) is 0 Å². The summed E-state index contributed by atoms with van der Waals surface area (Å²) in [6, 6.07) is 0. The van der Waals surface area contributed by atoms with Gasteiger partial charge in [-0.15, -0.1) is 0 Å². The Morgan fingerprint density at radius 3 is 2.80 bits per heavy atom. The highest BCUT2D eigenvalue weighted by atomic mass is 16.3. The van der Waals surface area contributed by atoms with Gasteiger partial charge in [-0.3, -0.25) is 9.78 Å². The van der Waals surface area contributed by atoms with E-state index in [2.05, 4.69) is 4.98 Å². The molecule has 1 heterocycles. The molecule has 0 unspecified atom stereocenters. The van der Waals surface area contributed by atoms with E-state index in [0.717, 1.165) is 5.56 Å². The number of carbonyl (C=O) groups is 1. The molecule has 0 saturated carbocycles. The number of aromatic nitrogens is 1. The van der Waals surface area contributed by atoms with Crippen molar-refractivity contribution in [2.75, 3.05) is 0 Å². The number of rotatable bonds is 4. The van der Waals surface area contributed by atoms with Gasteiger partial charge in [-0.05, 0) is 18.9 Å². The Morgan fingerprint density at radius 2 is 2.27 bits per heavy atom. The number of nitrogens with zero attached hydrogens (tertiary/aromatic N) is 1. The topological polar surface area (TPSA) is 102 Å². The van der Waals surface area contributed by atoms with E-state index in [1.54, 1.807) is 13.1 Å². The minimum Gasteiger partial charge on any atom is -0.506 e. The first-order chi connectivity index (χ1) is 7.06. The number of nitrogens with two attached hydrogens (primary N) is 2. The molecule has 1 amide bonds. The summed E-state index contributed by atoms with van der Waals surface area (Å²) in [7, 11) is 0. The lowest BCUT2D eigenvalue weighted by Gasteiger charge is -2.10. The number of primary amides is 1. The largest absolute Gasteiger partial charge is 0.506 e. The molecule has 0 aliphatic heterocycles. The number of hydrogen-bond donors (Lipinski definition) is 3. The van der Waals surface area contributed by atoms with Crippen LogP contribution in [-0.2, 0) is 17.8 Å². The van der Waals surface area contributed by atoms with Gasteiger partial charge in [0.1, 0.15) is 5.75 Å². The highest BCUT2D eigenvalue weighted by molar-refractivity contribution is 5.74. The average Bonchev–Trinajstić information content (AvgIpc) is 2.19. The van der Waals surface area contributed by atoms with E-state index in [4.69, 9.17) is 11.5 Å². The number of aromatic hydroxyl groups is 1. The highest BCUT2D eigenvalue weighted by Crippen LogP contribution is 2.23. The summed E-state index contributed by atoms with van der Waals surface area (Å²) in [6.07, 6.45) is 2.32. The fraction of sp³-hybridized carbons (Fsp3) is 0.400. The van der Waals surface area contributed by atoms with Gasteiger partial charge in [0, 0.05) is 24.7 Å². The van der Waals surface area contributed by atoms with E-state index < -0.39 is 0 Å². The highest BCUT2D eigenvalue weighted by Gasteiger charge is 2.10. The van der Waals surface area contributed by atoms with Gasteiger partial charge >= 0.3 is 0 Å². The molecule has 0 atom stereocenters. The zero-order valence-electron chi connectivity index (χ0n) is 8.66. The predicted octanol–water partition coefficient (Wildman–Crippen LogP) is -0.0278. The minimum absolute atomic E-state index is 0.111. The Morgan fingerprint density at radius 1 is 1.60 bits per heavy atom. The van der Waals surface area contributed by atoms with Crippen molar-refractivity contribution in [3.63, 3.8) is 0 Å². The monoisotopic (exact) mass is 209 g/mol. The maximum absolute atomic E-state index is 10.6. The molecule has 0 fully saturated rings. The third-order valence-electron chi connectivity index (χ3n) is 2.28. The van der Waals surface area contributed by atoms with Crippen LogP contribution in [0.25, 0.3) is 0 Å². The van der Waals surface area contributed by atoms with Crippen LogP contribution in [0.2, 0.25) is 0 Å². The van der Waals surface area contributed by atoms with Gasteiger partial charge in [0.15, 0.2) is 0 Å². The van der Waals surface area contributed by atoms with Gasteiger partial charge in [-0.1, -0.05) is 0 Å². The third-order valence-corrected chi connectivity index (χ3v) is 2.28. The molecule has 0 aliphatic carbocycles. The average molecular weight is 209 g/mol. The predicted molar refractivity (Wildman–Crippen MR) is 56.0 cm³/mol. The molecule has 0 radical (unpaired) electrons. The van der Waals surface area contributed by atoms with Crippen LogP contribution in [0.3, 0.4) is 0 Å². The first-order valence-corrected chi connectivity index (χ1v) is 4.71. The van der Waals surface area contributed by atoms with E-state index in [1.807, 2.05) is 0 Å². The lowest BCUT2D eigenvalue weighted by molar-refractivity contribution is -0.117. The minimum atomic E-state index is -0.377. The normalized spacial score (nSPS) is 10.3. The summed E-state index contributed by atoms with van der Waals surface area (Å²) >= 11 is 0. The maximum atomic E-state index is 10.6. The van der Waals surface area contributed by atoms with Crippen LogP contribution in [-0.4, -0.2) is 16.0 Å². The lowest BCUT2D eigenvalue weighted by Crippen LogP contribution is -2.13. The Labute approximate surface area is 88.1 Å². The fourth-order valence-corrected chi connectivity index (χ4v) is 1.39. The van der Waals surface area contributed by atoms with E-state index in [0.29, 0.717) is 17.7 Å². The van der Waals surface area contributed by atoms with Crippen LogP contribution in [0.15, 0.2) is 6.20 Å². The van der Waals surface area contributed by atoms with Crippen LogP contribution in [0.4, 0.5) is 0 Å². The Kier molecular flexibility index (Phi) is 3.62. The van der Waals surface area contributed by atoms with Crippen molar-refractivity contribution in [1.29, 1.82) is 0 Å². The smallest absolute Gasteiger partial charge is 0.217 e. The standard InChI is InChI=1S/C10H15N3O2/c1-6-10(15)8(4-11)7(5-13-6)2-3-9(12)14/h5,15H,2-4,11H2,1H3,(H2,12,14). The molecule has 1 aromatic rings. The van der Waals surface area contributed by atoms with Gasteiger partial charge in [-0.2, -0.15) is 0 Å². The van der Waals surface area contributed by atoms with E-state index in [1.165, 1.54) is 0 Å². The molecule has 0 saturated heterocycles. The number of amides is 1. The van der Waals surface area contributed by atoms with E-state index >= 15 is 0 Å². The summed E-state index contributed by atoms with van der Waals surface area (Å²) in [6.45, 7) is 1.93. The summed E-state index contributed by atoms with van der Waals surface area (Å²) in [4.78, 5) is 14.6. The Hall–Kier alpha value is -1.62. The van der Waals surface area contributed by atoms with E-state index in [-0.39, 0.29) is 24.6 Å². The first kappa shape index (κ1) is 11.5. The Bertz CT molecular complexity index is 377. The molecule has 82 valence electrons. The Balaban J connectivity index is 2.97. The van der Waals surface area contributed by atoms with Gasteiger partial charge < -0.3 is 16.6 Å². The molecule has 15 heavy (non-hydrogen) atoms. The number of hydrogen-bond acceptors (Lipinski definition) is 4. The van der Waals surface area contributed by atoms with Crippen LogP contribution in [0.5, 0.6) is 5.75 Å². The van der Waals surface area contributed by atoms with Crippen molar-refractivity contribution in [2.24, 2.45) is 11.5 Å². The summed E-state index contributed by atoms with van der Waals surface area (Å²) in [5, 5.41) is 9.68. The quantitative estimate of drug-likeness (QED) is 0.648. The van der Waals surface area contributed by atoms with Gasteiger partial charge in [0.25, 0.3) is 0 Å². The van der Waals surface area contributed by atoms with Crippen LogP contribution in [0.1, 0.15) is 23.2 Å². The zero-order chi connectivity index (χ0) is 11.4. The molecule has 5 nitrogen and oxygen atoms in total. The van der Waals surface area contributed by atoms with Crippen molar-refractivity contribution in [3.05, 3.63) is 23.0 Å². The van der Waals surface area contributed by atoms with Crippen LogP contribution >= 0.6 is 0 Å². The van der Waals surface area contributed by atoms with Crippen molar-refractivity contribution in [3.8, 4) is 5.75 Å². The van der Waals surface area contributed by atoms with Crippen molar-refractivity contribution < 1.29 is 9.90 Å². The summed E-state index contributed by atoms with van der Waals surface area (Å²) in [5.74, 6) is -0.266. The summed E-state index contributed by atoms with van der Waals surface area (Å²) in [5.41, 5.74) is 12.5. The molecule has 0 bridgehead atoms. The molecule has 0 aromatic carbocycles. The van der Waals surface area contributed by atoms with Gasteiger partial charge in [0.05, 0.1) is 5.69 Å². The first-order valence-electron chi connectivity index (χ1n) is 4.71. The zero-order valence-corrected chi connectivity index (χ0v) is 8.66. The molecule has 5 N–H and O–H groups in total. The summed E-state index contributed by atoms with van der Waals surface area (Å²) < 4.78 is 0. The van der Waals surface area contributed by atoms with Crippen molar-refractivity contribution in [1.82, 2.24) is 4.98 Å².